The molecule has 1 amide bonds. The molecule has 2 fully saturated rings. The van der Waals surface area contributed by atoms with Crippen LogP contribution in [0.1, 0.15) is 43.2 Å². The Morgan fingerprint density at radius 3 is 2.74 bits per heavy atom. The molecule has 0 radical (unpaired) electrons. The van der Waals surface area contributed by atoms with Crippen molar-refractivity contribution in [2.75, 3.05) is 31.2 Å². The van der Waals surface area contributed by atoms with Crippen molar-refractivity contribution >= 4 is 23.4 Å². The minimum absolute atomic E-state index is 0.0772. The molecule has 0 spiro atoms. The highest BCUT2D eigenvalue weighted by atomic mass is 16.5. The molecule has 3 heterocycles. The molecule has 0 bridgehead atoms. The number of hydrogen-bond acceptors (Lipinski definition) is 6. The predicted molar refractivity (Wildman–Crippen MR) is 118 cm³/mol. The number of anilines is 1. The number of aromatic nitrogens is 2. The molecule has 1 N–H and O–H groups in total. The Bertz CT molecular complexity index is 1100. The minimum atomic E-state index is -0.434. The fourth-order valence-corrected chi connectivity index (χ4v) is 4.25. The third-order valence-corrected chi connectivity index (χ3v) is 5.97. The van der Waals surface area contributed by atoms with Crippen LogP contribution in [0.25, 0.3) is 11.7 Å². The van der Waals surface area contributed by atoms with Crippen molar-refractivity contribution in [1.82, 2.24) is 14.7 Å². The van der Waals surface area contributed by atoms with Gasteiger partial charge in [-0.3, -0.25) is 14.0 Å². The van der Waals surface area contributed by atoms with Gasteiger partial charge < -0.3 is 15.0 Å². The Hall–Kier alpha value is -3.18. The summed E-state index contributed by atoms with van der Waals surface area (Å²) in [6.45, 7) is 4.15. The van der Waals surface area contributed by atoms with Crippen LogP contribution in [0.2, 0.25) is 0 Å². The van der Waals surface area contributed by atoms with Crippen LogP contribution in [-0.4, -0.2) is 47.6 Å². The van der Waals surface area contributed by atoms with Crippen LogP contribution < -0.4 is 15.8 Å². The number of nitrogens with one attached hydrogen (secondary N) is 1. The highest BCUT2D eigenvalue weighted by molar-refractivity contribution is 6.02. The van der Waals surface area contributed by atoms with E-state index < -0.39 is 5.91 Å². The van der Waals surface area contributed by atoms with Gasteiger partial charge in [-0.1, -0.05) is 25.3 Å². The van der Waals surface area contributed by atoms with Gasteiger partial charge in [0.25, 0.3) is 11.5 Å². The molecular formula is C23H27N5O3. The first kappa shape index (κ1) is 21.1. The van der Waals surface area contributed by atoms with Crippen molar-refractivity contribution in [1.29, 1.82) is 5.26 Å². The van der Waals surface area contributed by atoms with E-state index in [-0.39, 0.29) is 22.7 Å². The summed E-state index contributed by atoms with van der Waals surface area (Å²) in [6, 6.07) is 5.75. The summed E-state index contributed by atoms with van der Waals surface area (Å²) in [4.78, 5) is 32.9. The van der Waals surface area contributed by atoms with Crippen molar-refractivity contribution in [3.05, 3.63) is 45.4 Å². The van der Waals surface area contributed by atoms with Gasteiger partial charge in [0.1, 0.15) is 23.1 Å². The van der Waals surface area contributed by atoms with E-state index in [1.165, 1.54) is 16.9 Å². The number of nitriles is 1. The molecule has 2 aliphatic rings. The van der Waals surface area contributed by atoms with Gasteiger partial charge in [-0.2, -0.15) is 5.26 Å². The Morgan fingerprint density at radius 1 is 1.29 bits per heavy atom. The first-order chi connectivity index (χ1) is 15.1. The number of pyridine rings is 1. The van der Waals surface area contributed by atoms with Gasteiger partial charge in [-0.25, -0.2) is 4.98 Å². The summed E-state index contributed by atoms with van der Waals surface area (Å²) in [5.74, 6) is 0.0527. The number of carbonyl (C=O) groups is 1. The highest BCUT2D eigenvalue weighted by Gasteiger charge is 2.23. The lowest BCUT2D eigenvalue weighted by Gasteiger charge is -2.29. The zero-order chi connectivity index (χ0) is 21.8. The van der Waals surface area contributed by atoms with Gasteiger partial charge >= 0.3 is 0 Å². The second kappa shape index (κ2) is 9.31. The monoisotopic (exact) mass is 421 g/mol. The summed E-state index contributed by atoms with van der Waals surface area (Å²) < 4.78 is 6.91. The maximum absolute atomic E-state index is 13.4. The number of aryl methyl sites for hydroxylation is 1. The Labute approximate surface area is 181 Å². The Balaban J connectivity index is 1.78. The molecule has 162 valence electrons. The number of amides is 1. The number of fused-ring (bicyclic) bond motifs is 1. The zero-order valence-electron chi connectivity index (χ0n) is 17.8. The highest BCUT2D eigenvalue weighted by Crippen LogP contribution is 2.22. The van der Waals surface area contributed by atoms with E-state index in [0.29, 0.717) is 37.8 Å². The summed E-state index contributed by atoms with van der Waals surface area (Å²) in [7, 11) is 0. The van der Waals surface area contributed by atoms with Gasteiger partial charge in [0.2, 0.25) is 0 Å². The zero-order valence-corrected chi connectivity index (χ0v) is 17.8. The lowest BCUT2D eigenvalue weighted by atomic mass is 9.95. The maximum atomic E-state index is 13.4. The predicted octanol–water partition coefficient (Wildman–Crippen LogP) is 2.20. The third kappa shape index (κ3) is 4.47. The van der Waals surface area contributed by atoms with Gasteiger partial charge in [0.15, 0.2) is 0 Å². The Kier molecular flexibility index (Phi) is 6.33. The van der Waals surface area contributed by atoms with E-state index >= 15 is 0 Å². The van der Waals surface area contributed by atoms with Crippen LogP contribution >= 0.6 is 0 Å². The van der Waals surface area contributed by atoms with E-state index in [1.54, 1.807) is 12.3 Å². The van der Waals surface area contributed by atoms with Gasteiger partial charge in [-0.05, 0) is 37.5 Å². The molecule has 1 saturated carbocycles. The van der Waals surface area contributed by atoms with Crippen molar-refractivity contribution in [3.8, 4) is 6.07 Å². The van der Waals surface area contributed by atoms with Crippen molar-refractivity contribution < 1.29 is 9.53 Å². The molecular weight excluding hydrogens is 394 g/mol. The van der Waals surface area contributed by atoms with Crippen LogP contribution in [0.15, 0.2) is 28.7 Å². The van der Waals surface area contributed by atoms with Crippen molar-refractivity contribution in [3.63, 3.8) is 0 Å². The number of hydrogen-bond donors (Lipinski definition) is 1. The number of nitrogens with zero attached hydrogens (tertiary/aromatic N) is 4. The molecule has 0 atom stereocenters. The number of ether oxygens (including phenoxy) is 1. The molecule has 4 rings (SSSR count). The third-order valence-electron chi connectivity index (χ3n) is 5.97. The summed E-state index contributed by atoms with van der Waals surface area (Å²) in [5, 5.41) is 12.7. The van der Waals surface area contributed by atoms with E-state index in [9.17, 15) is 14.9 Å². The average Bonchev–Trinajstić information content (AvgIpc) is 2.80. The minimum Gasteiger partial charge on any atom is -0.378 e. The second-order valence-corrected chi connectivity index (χ2v) is 8.12. The molecule has 1 aliphatic carbocycles. The van der Waals surface area contributed by atoms with E-state index in [2.05, 4.69) is 5.32 Å². The normalized spacial score (nSPS) is 18.1. The van der Waals surface area contributed by atoms with Gasteiger partial charge in [0.05, 0.1) is 18.8 Å². The number of rotatable bonds is 4. The lowest BCUT2D eigenvalue weighted by Crippen LogP contribution is -2.39. The smallest absolute Gasteiger partial charge is 0.267 e. The molecule has 1 saturated heterocycles. The molecule has 8 heteroatoms. The van der Waals surface area contributed by atoms with E-state index in [4.69, 9.17) is 9.72 Å². The van der Waals surface area contributed by atoms with Crippen molar-refractivity contribution in [2.45, 2.75) is 45.1 Å². The van der Waals surface area contributed by atoms with Gasteiger partial charge in [0, 0.05) is 25.3 Å². The van der Waals surface area contributed by atoms with Crippen LogP contribution in [0.4, 0.5) is 5.82 Å². The van der Waals surface area contributed by atoms with E-state index in [0.717, 1.165) is 31.2 Å². The molecule has 8 nitrogen and oxygen atoms in total. The first-order valence-corrected chi connectivity index (χ1v) is 10.9. The second-order valence-electron chi connectivity index (χ2n) is 8.12. The largest absolute Gasteiger partial charge is 0.378 e. The quantitative estimate of drug-likeness (QED) is 0.600. The Morgan fingerprint density at radius 2 is 2.03 bits per heavy atom. The fourth-order valence-electron chi connectivity index (χ4n) is 4.25. The SMILES string of the molecule is Cc1cccn2c(=O)c(/C=C(\C#N)C(=O)NC3CCCCC3)c(N3CCOCC3)nc12. The molecule has 2 aromatic heterocycles. The molecule has 31 heavy (non-hydrogen) atoms. The molecule has 1 aliphatic heterocycles. The molecule has 2 aromatic rings. The molecule has 0 aromatic carbocycles. The van der Waals surface area contributed by atoms with Crippen LogP contribution in [0.3, 0.4) is 0 Å². The standard InChI is InChI=1S/C23H27N5O3/c1-16-6-5-9-28-20(16)26-21(27-10-12-31-13-11-27)19(23(28)30)14-17(15-24)22(29)25-18-7-3-2-4-8-18/h5-6,9,14,18H,2-4,7-8,10-13H2,1H3,(H,25,29)/b17-14+. The van der Waals surface area contributed by atoms with E-state index in [1.807, 2.05) is 24.0 Å². The summed E-state index contributed by atoms with van der Waals surface area (Å²) in [6.07, 6.45) is 8.22. The summed E-state index contributed by atoms with van der Waals surface area (Å²) >= 11 is 0. The van der Waals surface area contributed by atoms with Crippen LogP contribution in [-0.2, 0) is 9.53 Å². The van der Waals surface area contributed by atoms with Crippen LogP contribution in [0, 0.1) is 18.3 Å². The molecule has 0 unspecified atom stereocenters. The lowest BCUT2D eigenvalue weighted by molar-refractivity contribution is -0.117. The average molecular weight is 422 g/mol. The first-order valence-electron chi connectivity index (χ1n) is 10.9. The number of morpholine rings is 1. The summed E-state index contributed by atoms with van der Waals surface area (Å²) in [5.41, 5.74) is 1.32. The van der Waals surface area contributed by atoms with Gasteiger partial charge in [-0.15, -0.1) is 0 Å². The number of carbonyl (C=O) groups excluding carboxylic acids is 1. The maximum Gasteiger partial charge on any atom is 0.267 e. The topological polar surface area (TPSA) is 99.7 Å². The van der Waals surface area contributed by atoms with Crippen LogP contribution in [0.5, 0.6) is 0 Å². The fraction of sp³-hybridized carbons (Fsp3) is 0.478. The van der Waals surface area contributed by atoms with Crippen molar-refractivity contribution in [2.24, 2.45) is 0 Å².